The predicted octanol–water partition coefficient (Wildman–Crippen LogP) is 3.27. The van der Waals surface area contributed by atoms with Gasteiger partial charge in [-0.25, -0.2) is 0 Å². The Kier molecular flexibility index (Phi) is 7.85. The molecule has 0 unspecified atom stereocenters. The van der Waals surface area contributed by atoms with E-state index in [1.807, 2.05) is 31.2 Å². The Morgan fingerprint density at radius 3 is 2.23 bits per heavy atom. The molecule has 7 heteroatoms. The molecule has 138 valence electrons. The molecule has 0 radical (unpaired) electrons. The summed E-state index contributed by atoms with van der Waals surface area (Å²) in [6.45, 7) is 3.74. The van der Waals surface area contributed by atoms with Gasteiger partial charge in [-0.15, -0.1) is 0 Å². The van der Waals surface area contributed by atoms with Crippen LogP contribution in [-0.4, -0.2) is 37.9 Å². The maximum Gasteiger partial charge on any atom is 0.255 e. The van der Waals surface area contributed by atoms with Crippen LogP contribution in [0.2, 0.25) is 0 Å². The van der Waals surface area contributed by atoms with Crippen LogP contribution >= 0.6 is 12.2 Å². The highest BCUT2D eigenvalue weighted by Crippen LogP contribution is 2.17. The van der Waals surface area contributed by atoms with Gasteiger partial charge in [-0.1, -0.05) is 0 Å². The van der Waals surface area contributed by atoms with Crippen LogP contribution in [0, 0.1) is 0 Å². The fraction of sp³-hybridized carbons (Fsp3) is 0.263. The first kappa shape index (κ1) is 19.7. The summed E-state index contributed by atoms with van der Waals surface area (Å²) in [6.07, 6.45) is 0. The second-order valence-corrected chi connectivity index (χ2v) is 5.77. The summed E-state index contributed by atoms with van der Waals surface area (Å²) in [5.41, 5.74) is 2.07. The van der Waals surface area contributed by atoms with Crippen molar-refractivity contribution >= 4 is 34.6 Å². The molecule has 0 atom stereocenters. The Bertz CT molecular complexity index is 718. The van der Waals surface area contributed by atoms with Gasteiger partial charge in [-0.3, -0.25) is 4.79 Å². The highest BCUT2D eigenvalue weighted by molar-refractivity contribution is 7.80. The predicted molar refractivity (Wildman–Crippen MR) is 108 cm³/mol. The van der Waals surface area contributed by atoms with E-state index in [0.29, 0.717) is 36.1 Å². The third-order valence-corrected chi connectivity index (χ3v) is 3.67. The van der Waals surface area contributed by atoms with Crippen molar-refractivity contribution in [3.05, 3.63) is 54.1 Å². The molecule has 0 spiro atoms. The van der Waals surface area contributed by atoms with E-state index in [1.54, 1.807) is 31.4 Å². The molecule has 0 aliphatic heterocycles. The van der Waals surface area contributed by atoms with E-state index >= 15 is 0 Å². The number of nitrogens with one attached hydrogen (secondary N) is 3. The molecule has 0 aliphatic rings. The SMILES string of the molecule is CCOc1ccc(NC(=O)c2ccc(NC(=S)NCCOC)cc2)cc1. The van der Waals surface area contributed by atoms with E-state index in [-0.39, 0.29) is 5.91 Å². The number of ether oxygens (including phenoxy) is 2. The van der Waals surface area contributed by atoms with Gasteiger partial charge < -0.3 is 25.4 Å². The van der Waals surface area contributed by atoms with Crippen molar-refractivity contribution in [2.75, 3.05) is 37.5 Å². The molecule has 0 saturated carbocycles. The van der Waals surface area contributed by atoms with Crippen molar-refractivity contribution in [1.29, 1.82) is 0 Å². The monoisotopic (exact) mass is 373 g/mol. The number of benzene rings is 2. The molecular weight excluding hydrogens is 350 g/mol. The average Bonchev–Trinajstić information content (AvgIpc) is 2.64. The van der Waals surface area contributed by atoms with Gasteiger partial charge in [0.15, 0.2) is 5.11 Å². The molecular formula is C19H23N3O3S. The van der Waals surface area contributed by atoms with Crippen molar-refractivity contribution in [3.63, 3.8) is 0 Å². The van der Waals surface area contributed by atoms with Gasteiger partial charge in [-0.05, 0) is 67.7 Å². The van der Waals surface area contributed by atoms with Crippen LogP contribution in [0.1, 0.15) is 17.3 Å². The van der Waals surface area contributed by atoms with E-state index in [2.05, 4.69) is 16.0 Å². The van der Waals surface area contributed by atoms with Gasteiger partial charge in [0.2, 0.25) is 0 Å². The van der Waals surface area contributed by atoms with Crippen molar-refractivity contribution < 1.29 is 14.3 Å². The quantitative estimate of drug-likeness (QED) is 0.487. The van der Waals surface area contributed by atoms with Gasteiger partial charge in [0.05, 0.1) is 13.2 Å². The highest BCUT2D eigenvalue weighted by atomic mass is 32.1. The summed E-state index contributed by atoms with van der Waals surface area (Å²) in [7, 11) is 1.63. The normalized spacial score (nSPS) is 10.1. The fourth-order valence-electron chi connectivity index (χ4n) is 2.15. The number of carbonyl (C=O) groups excluding carboxylic acids is 1. The van der Waals surface area contributed by atoms with Crippen LogP contribution in [0.5, 0.6) is 5.75 Å². The molecule has 3 N–H and O–H groups in total. The van der Waals surface area contributed by atoms with E-state index in [0.717, 1.165) is 11.4 Å². The number of thiocarbonyl (C=S) groups is 1. The lowest BCUT2D eigenvalue weighted by molar-refractivity contribution is 0.102. The Labute approximate surface area is 158 Å². The van der Waals surface area contributed by atoms with Crippen molar-refractivity contribution in [3.8, 4) is 5.75 Å². The average molecular weight is 373 g/mol. The Morgan fingerprint density at radius 2 is 1.62 bits per heavy atom. The van der Waals surface area contributed by atoms with Crippen molar-refractivity contribution in [2.24, 2.45) is 0 Å². The second-order valence-electron chi connectivity index (χ2n) is 5.36. The van der Waals surface area contributed by atoms with E-state index in [4.69, 9.17) is 21.7 Å². The highest BCUT2D eigenvalue weighted by Gasteiger charge is 2.07. The number of hydrogen-bond acceptors (Lipinski definition) is 4. The molecule has 0 fully saturated rings. The summed E-state index contributed by atoms with van der Waals surface area (Å²) in [4.78, 5) is 12.3. The minimum absolute atomic E-state index is 0.179. The lowest BCUT2D eigenvalue weighted by Gasteiger charge is -2.11. The van der Waals surface area contributed by atoms with Gasteiger partial charge in [0.1, 0.15) is 5.75 Å². The largest absolute Gasteiger partial charge is 0.494 e. The zero-order chi connectivity index (χ0) is 18.8. The van der Waals surface area contributed by atoms with Gasteiger partial charge in [-0.2, -0.15) is 0 Å². The summed E-state index contributed by atoms with van der Waals surface area (Å²) in [6, 6.07) is 14.3. The van der Waals surface area contributed by atoms with Gasteiger partial charge in [0, 0.05) is 30.6 Å². The number of hydrogen-bond donors (Lipinski definition) is 3. The Balaban J connectivity index is 1.88. The van der Waals surface area contributed by atoms with Crippen LogP contribution in [0.4, 0.5) is 11.4 Å². The number of anilines is 2. The molecule has 0 saturated heterocycles. The topological polar surface area (TPSA) is 71.6 Å². The molecule has 6 nitrogen and oxygen atoms in total. The zero-order valence-corrected chi connectivity index (χ0v) is 15.7. The number of amides is 1. The third kappa shape index (κ3) is 6.34. The van der Waals surface area contributed by atoms with Crippen LogP contribution in [-0.2, 0) is 4.74 Å². The lowest BCUT2D eigenvalue weighted by Crippen LogP contribution is -2.31. The summed E-state index contributed by atoms with van der Waals surface area (Å²) >= 11 is 5.18. The maximum atomic E-state index is 12.3. The molecule has 0 heterocycles. The van der Waals surface area contributed by atoms with E-state index in [1.165, 1.54) is 0 Å². The number of carbonyl (C=O) groups is 1. The van der Waals surface area contributed by atoms with Crippen molar-refractivity contribution in [1.82, 2.24) is 5.32 Å². The summed E-state index contributed by atoms with van der Waals surface area (Å²) in [5, 5.41) is 9.44. The van der Waals surface area contributed by atoms with Crippen LogP contribution < -0.4 is 20.7 Å². The first-order valence-electron chi connectivity index (χ1n) is 8.30. The standard InChI is InChI=1S/C19H23N3O3S/c1-3-25-17-10-8-15(9-11-17)21-18(23)14-4-6-16(7-5-14)22-19(26)20-12-13-24-2/h4-11H,3,12-13H2,1-2H3,(H,21,23)(H2,20,22,26). The van der Waals surface area contributed by atoms with Gasteiger partial charge >= 0.3 is 0 Å². The molecule has 0 bridgehead atoms. The minimum atomic E-state index is -0.179. The minimum Gasteiger partial charge on any atom is -0.494 e. The summed E-state index contributed by atoms with van der Waals surface area (Å²) in [5.74, 6) is 0.595. The second kappa shape index (κ2) is 10.4. The number of methoxy groups -OCH3 is 1. The smallest absolute Gasteiger partial charge is 0.255 e. The molecule has 2 rings (SSSR count). The van der Waals surface area contributed by atoms with Crippen LogP contribution in [0.15, 0.2) is 48.5 Å². The Hall–Kier alpha value is -2.64. The first-order valence-corrected chi connectivity index (χ1v) is 8.71. The van der Waals surface area contributed by atoms with Crippen LogP contribution in [0.25, 0.3) is 0 Å². The fourth-order valence-corrected chi connectivity index (χ4v) is 2.37. The molecule has 2 aromatic carbocycles. The molecule has 0 aromatic heterocycles. The van der Waals surface area contributed by atoms with E-state index in [9.17, 15) is 4.79 Å². The first-order chi connectivity index (χ1) is 12.6. The van der Waals surface area contributed by atoms with E-state index < -0.39 is 0 Å². The van der Waals surface area contributed by atoms with Gasteiger partial charge in [0.25, 0.3) is 5.91 Å². The van der Waals surface area contributed by atoms with Crippen LogP contribution in [0.3, 0.4) is 0 Å². The molecule has 1 amide bonds. The third-order valence-electron chi connectivity index (χ3n) is 3.42. The number of rotatable bonds is 8. The Morgan fingerprint density at radius 1 is 1.00 bits per heavy atom. The zero-order valence-electron chi connectivity index (χ0n) is 14.9. The lowest BCUT2D eigenvalue weighted by atomic mass is 10.2. The molecule has 0 aliphatic carbocycles. The molecule has 2 aromatic rings. The maximum absolute atomic E-state index is 12.3. The summed E-state index contributed by atoms with van der Waals surface area (Å²) < 4.78 is 10.3. The molecule has 26 heavy (non-hydrogen) atoms. The van der Waals surface area contributed by atoms with Crippen molar-refractivity contribution in [2.45, 2.75) is 6.92 Å².